The Kier molecular flexibility index (Phi) is 10.5. The van der Waals surface area contributed by atoms with Gasteiger partial charge in [-0.1, -0.05) is 71.1 Å². The molecule has 2 heteroatoms. The van der Waals surface area contributed by atoms with Gasteiger partial charge in [-0.3, -0.25) is 0 Å². The fraction of sp³-hybridized carbons (Fsp3) is 1.00. The number of rotatable bonds is 14. The number of epoxide rings is 1. The molecule has 1 saturated heterocycles. The van der Waals surface area contributed by atoms with E-state index >= 15 is 0 Å². The minimum atomic E-state index is 0.362. The van der Waals surface area contributed by atoms with Crippen molar-refractivity contribution in [1.82, 2.24) is 0 Å². The lowest BCUT2D eigenvalue weighted by molar-refractivity contribution is 0.282. The highest BCUT2D eigenvalue weighted by Crippen LogP contribution is 2.31. The van der Waals surface area contributed by atoms with Gasteiger partial charge in [-0.2, -0.15) is 0 Å². The van der Waals surface area contributed by atoms with Crippen LogP contribution in [-0.2, 0) is 4.74 Å². The van der Waals surface area contributed by atoms with Crippen molar-refractivity contribution in [1.29, 1.82) is 0 Å². The van der Waals surface area contributed by atoms with E-state index in [2.05, 4.69) is 6.92 Å². The molecule has 1 fully saturated rings. The second-order valence-corrected chi connectivity index (χ2v) is 6.05. The zero-order valence-electron chi connectivity index (χ0n) is 12.9. The van der Waals surface area contributed by atoms with Gasteiger partial charge in [0.25, 0.3) is 0 Å². The van der Waals surface area contributed by atoms with Gasteiger partial charge >= 0.3 is 0 Å². The van der Waals surface area contributed by atoms with Gasteiger partial charge in [-0.15, -0.1) is 0 Å². The molecule has 0 aromatic heterocycles. The average Bonchev–Trinajstić information content (AvgIpc) is 3.16. The summed E-state index contributed by atoms with van der Waals surface area (Å²) in [5.74, 6) is 0. The maximum Gasteiger partial charge on any atom is 0.0841 e. The van der Waals surface area contributed by atoms with Crippen LogP contribution in [0.2, 0.25) is 0 Å². The van der Waals surface area contributed by atoms with Crippen LogP contribution in [0.5, 0.6) is 0 Å². The highest BCUT2D eigenvalue weighted by atomic mass is 16.6. The first-order valence-corrected chi connectivity index (χ1v) is 8.64. The fourth-order valence-corrected chi connectivity index (χ4v) is 2.80. The number of unbranched alkanes of at least 4 members (excludes halogenated alkanes) is 9. The Hall–Kier alpha value is -0.0800. The molecule has 2 nitrogen and oxygen atoms in total. The molecule has 1 N–H and O–H groups in total. The first-order valence-electron chi connectivity index (χ1n) is 8.64. The van der Waals surface area contributed by atoms with Crippen molar-refractivity contribution < 1.29 is 9.84 Å². The van der Waals surface area contributed by atoms with Crippen LogP contribution in [0.25, 0.3) is 0 Å². The Morgan fingerprint density at radius 3 is 1.68 bits per heavy atom. The maximum atomic E-state index is 8.67. The van der Waals surface area contributed by atoms with E-state index in [-0.39, 0.29) is 0 Å². The van der Waals surface area contributed by atoms with Gasteiger partial charge in [-0.25, -0.2) is 0 Å². The van der Waals surface area contributed by atoms with Crippen LogP contribution in [0.4, 0.5) is 0 Å². The number of hydrogen-bond donors (Lipinski definition) is 1. The van der Waals surface area contributed by atoms with Crippen LogP contribution >= 0.6 is 0 Å². The second-order valence-electron chi connectivity index (χ2n) is 6.05. The smallest absolute Gasteiger partial charge is 0.0841 e. The van der Waals surface area contributed by atoms with Crippen LogP contribution in [0.3, 0.4) is 0 Å². The molecular weight excluding hydrogens is 236 g/mol. The third-order valence-electron chi connectivity index (χ3n) is 4.18. The maximum absolute atomic E-state index is 8.67. The third kappa shape index (κ3) is 9.45. The van der Waals surface area contributed by atoms with E-state index < -0.39 is 0 Å². The molecule has 0 radical (unpaired) electrons. The molecule has 2 unspecified atom stereocenters. The molecule has 0 bridgehead atoms. The number of ether oxygens (including phenoxy) is 1. The normalized spacial score (nSPS) is 21.8. The number of aliphatic hydroxyl groups is 1. The van der Waals surface area contributed by atoms with Crippen LogP contribution in [0, 0.1) is 0 Å². The van der Waals surface area contributed by atoms with Crippen molar-refractivity contribution in [3.8, 4) is 0 Å². The summed E-state index contributed by atoms with van der Waals surface area (Å²) in [4.78, 5) is 0. The number of hydrogen-bond acceptors (Lipinski definition) is 2. The molecule has 0 aromatic rings. The van der Waals surface area contributed by atoms with E-state index in [1.165, 1.54) is 77.0 Å². The standard InChI is InChI=1S/C17H34O2/c1-2-3-10-13-16-17(19-16)14-11-8-6-4-5-7-9-12-15-18/h16-18H,2-15H2,1H3. The lowest BCUT2D eigenvalue weighted by Crippen LogP contribution is -1.94. The van der Waals surface area contributed by atoms with Crippen molar-refractivity contribution in [2.75, 3.05) is 6.61 Å². The van der Waals surface area contributed by atoms with Gasteiger partial charge in [0.1, 0.15) is 0 Å². The number of aliphatic hydroxyl groups excluding tert-OH is 1. The van der Waals surface area contributed by atoms with Crippen LogP contribution < -0.4 is 0 Å². The van der Waals surface area contributed by atoms with E-state index in [9.17, 15) is 0 Å². The molecule has 0 saturated carbocycles. The van der Waals surface area contributed by atoms with E-state index in [0.717, 1.165) is 6.42 Å². The minimum absolute atomic E-state index is 0.362. The van der Waals surface area contributed by atoms with Crippen LogP contribution in [-0.4, -0.2) is 23.9 Å². The van der Waals surface area contributed by atoms with E-state index in [1.807, 2.05) is 0 Å². The molecule has 1 aliphatic rings. The SMILES string of the molecule is CCCCCC1OC1CCCCCCCCCCO. The third-order valence-corrected chi connectivity index (χ3v) is 4.18. The summed E-state index contributed by atoms with van der Waals surface area (Å²) in [5, 5.41) is 8.67. The lowest BCUT2D eigenvalue weighted by atomic mass is 10.0. The van der Waals surface area contributed by atoms with E-state index in [0.29, 0.717) is 18.8 Å². The second kappa shape index (κ2) is 11.7. The van der Waals surface area contributed by atoms with E-state index in [4.69, 9.17) is 9.84 Å². The Labute approximate surface area is 119 Å². The summed E-state index contributed by atoms with van der Waals surface area (Å²) >= 11 is 0. The van der Waals surface area contributed by atoms with Crippen molar-refractivity contribution in [3.63, 3.8) is 0 Å². The molecule has 2 atom stereocenters. The van der Waals surface area contributed by atoms with Gasteiger partial charge in [0.2, 0.25) is 0 Å². The van der Waals surface area contributed by atoms with Crippen molar-refractivity contribution in [2.45, 2.75) is 103 Å². The topological polar surface area (TPSA) is 32.8 Å². The summed E-state index contributed by atoms with van der Waals surface area (Å²) in [7, 11) is 0. The Balaban J connectivity index is 1.73. The molecule has 0 aliphatic carbocycles. The molecule has 0 amide bonds. The predicted molar refractivity (Wildman–Crippen MR) is 81.4 cm³/mol. The van der Waals surface area contributed by atoms with Crippen molar-refractivity contribution in [3.05, 3.63) is 0 Å². The first-order chi connectivity index (χ1) is 9.38. The predicted octanol–water partition coefficient (Wildman–Crippen LogP) is 4.84. The molecule has 0 aromatic carbocycles. The molecular formula is C17H34O2. The minimum Gasteiger partial charge on any atom is -0.396 e. The highest BCUT2D eigenvalue weighted by molar-refractivity contribution is 4.84. The summed E-state index contributed by atoms with van der Waals surface area (Å²) in [6.45, 7) is 2.62. The zero-order valence-corrected chi connectivity index (χ0v) is 12.9. The zero-order chi connectivity index (χ0) is 13.8. The Morgan fingerprint density at radius 1 is 0.684 bits per heavy atom. The molecule has 0 spiro atoms. The van der Waals surface area contributed by atoms with Gasteiger partial charge in [-0.05, 0) is 19.3 Å². The van der Waals surface area contributed by atoms with Gasteiger partial charge < -0.3 is 9.84 Å². The van der Waals surface area contributed by atoms with Crippen molar-refractivity contribution in [2.24, 2.45) is 0 Å². The summed E-state index contributed by atoms with van der Waals surface area (Å²) in [5.41, 5.74) is 0. The molecule has 19 heavy (non-hydrogen) atoms. The quantitative estimate of drug-likeness (QED) is 0.362. The Bertz CT molecular complexity index is 194. The highest BCUT2D eigenvalue weighted by Gasteiger charge is 2.36. The van der Waals surface area contributed by atoms with Crippen LogP contribution in [0.1, 0.15) is 90.4 Å². The molecule has 114 valence electrons. The summed E-state index contributed by atoms with van der Waals surface area (Å²) in [6, 6.07) is 0. The summed E-state index contributed by atoms with van der Waals surface area (Å²) < 4.78 is 5.71. The molecule has 1 rings (SSSR count). The molecule has 1 aliphatic heterocycles. The van der Waals surface area contributed by atoms with Crippen LogP contribution in [0.15, 0.2) is 0 Å². The average molecular weight is 270 g/mol. The largest absolute Gasteiger partial charge is 0.396 e. The fourth-order valence-electron chi connectivity index (χ4n) is 2.80. The monoisotopic (exact) mass is 270 g/mol. The van der Waals surface area contributed by atoms with Gasteiger partial charge in [0.15, 0.2) is 0 Å². The molecule has 1 heterocycles. The first kappa shape index (κ1) is 17.0. The summed E-state index contributed by atoms with van der Waals surface area (Å²) in [6.07, 6.45) is 18.2. The van der Waals surface area contributed by atoms with Gasteiger partial charge in [0.05, 0.1) is 12.2 Å². The van der Waals surface area contributed by atoms with Gasteiger partial charge in [0, 0.05) is 6.61 Å². The van der Waals surface area contributed by atoms with Crippen molar-refractivity contribution >= 4 is 0 Å². The lowest BCUT2D eigenvalue weighted by Gasteiger charge is -2.01. The van der Waals surface area contributed by atoms with E-state index in [1.54, 1.807) is 0 Å². The Morgan fingerprint density at radius 2 is 1.16 bits per heavy atom.